The molecule has 0 amide bonds. The van der Waals surface area contributed by atoms with Gasteiger partial charge in [-0.15, -0.1) is 5.10 Å². The van der Waals surface area contributed by atoms with Gasteiger partial charge in [0.2, 0.25) is 5.16 Å². The molecule has 0 spiro atoms. The Labute approximate surface area is 103 Å². The summed E-state index contributed by atoms with van der Waals surface area (Å²) in [5, 5.41) is 16.4. The lowest BCUT2D eigenvalue weighted by atomic mass is 9.91. The van der Waals surface area contributed by atoms with Crippen molar-refractivity contribution < 1.29 is 9.84 Å². The molecule has 1 saturated carbocycles. The second-order valence-corrected chi connectivity index (χ2v) is 6.22. The summed E-state index contributed by atoms with van der Waals surface area (Å²) in [7, 11) is 0. The summed E-state index contributed by atoms with van der Waals surface area (Å²) in [6.07, 6.45) is 3.67. The van der Waals surface area contributed by atoms with E-state index in [1.807, 2.05) is 0 Å². The topological polar surface area (TPSA) is 71.0 Å². The number of hydrogen-bond acceptors (Lipinski definition) is 5. The van der Waals surface area contributed by atoms with Crippen molar-refractivity contribution in [3.8, 4) is 0 Å². The highest BCUT2D eigenvalue weighted by molar-refractivity contribution is 7.99. The van der Waals surface area contributed by atoms with E-state index < -0.39 is 0 Å². The Balaban J connectivity index is 1.36. The molecule has 3 fully saturated rings. The molecule has 5 nitrogen and oxygen atoms in total. The molecule has 1 aromatic rings. The molecule has 4 rings (SSSR count). The summed E-state index contributed by atoms with van der Waals surface area (Å²) in [4.78, 5) is 4.19. The third-order valence-electron chi connectivity index (χ3n) is 4.21. The molecule has 3 heterocycles. The molecule has 1 aliphatic carbocycles. The normalized spacial score (nSPS) is 41.8. The Kier molecular flexibility index (Phi) is 2.25. The fourth-order valence-corrected chi connectivity index (χ4v) is 4.30. The number of hydrogen-bond donors (Lipinski definition) is 2. The average Bonchev–Trinajstić information content (AvgIpc) is 2.75. The average molecular weight is 253 g/mol. The van der Waals surface area contributed by atoms with Gasteiger partial charge in [-0.2, -0.15) is 0 Å². The van der Waals surface area contributed by atoms with Crippen molar-refractivity contribution >= 4 is 11.8 Å². The Hall–Kier alpha value is -0.590. The van der Waals surface area contributed by atoms with Gasteiger partial charge in [0.1, 0.15) is 6.61 Å². The molecular formula is C11H15N3O2S. The van der Waals surface area contributed by atoms with E-state index in [9.17, 15) is 0 Å². The van der Waals surface area contributed by atoms with E-state index in [1.54, 1.807) is 11.8 Å². The summed E-state index contributed by atoms with van der Waals surface area (Å²) in [5.74, 6) is 4.00. The Morgan fingerprint density at radius 2 is 2.35 bits per heavy atom. The number of nitrogens with one attached hydrogen (secondary N) is 1. The number of ether oxygens (including phenoxy) is 1. The molecule has 0 unspecified atom stereocenters. The molecule has 2 aliphatic heterocycles. The van der Waals surface area contributed by atoms with Crippen LogP contribution < -0.4 is 0 Å². The number of thioether (sulfide) groups is 1. The third kappa shape index (κ3) is 1.62. The van der Waals surface area contributed by atoms with E-state index >= 15 is 0 Å². The second kappa shape index (κ2) is 3.70. The lowest BCUT2D eigenvalue weighted by molar-refractivity contribution is 0.0637. The summed E-state index contributed by atoms with van der Waals surface area (Å²) < 4.78 is 5.96. The van der Waals surface area contributed by atoms with Crippen LogP contribution in [0.4, 0.5) is 0 Å². The molecule has 6 heteroatoms. The van der Waals surface area contributed by atoms with Gasteiger partial charge < -0.3 is 9.84 Å². The molecule has 0 aromatic carbocycles. The number of fused-ring (bicyclic) bond motifs is 5. The molecule has 92 valence electrons. The van der Waals surface area contributed by atoms with Crippen molar-refractivity contribution in [3.05, 3.63) is 5.82 Å². The highest BCUT2D eigenvalue weighted by Gasteiger charge is 2.62. The van der Waals surface area contributed by atoms with E-state index in [2.05, 4.69) is 15.2 Å². The maximum atomic E-state index is 8.89. The van der Waals surface area contributed by atoms with Crippen LogP contribution in [-0.2, 0) is 11.3 Å². The van der Waals surface area contributed by atoms with E-state index in [4.69, 9.17) is 9.84 Å². The van der Waals surface area contributed by atoms with Crippen molar-refractivity contribution in [2.24, 2.45) is 17.8 Å². The minimum Gasteiger partial charge on any atom is -0.388 e. The van der Waals surface area contributed by atoms with Crippen molar-refractivity contribution in [1.82, 2.24) is 15.2 Å². The molecule has 17 heavy (non-hydrogen) atoms. The Bertz CT molecular complexity index is 438. The van der Waals surface area contributed by atoms with Crippen LogP contribution in [0.2, 0.25) is 0 Å². The highest BCUT2D eigenvalue weighted by Crippen LogP contribution is 2.61. The molecule has 0 radical (unpaired) electrons. The Morgan fingerprint density at radius 3 is 3.06 bits per heavy atom. The van der Waals surface area contributed by atoms with Crippen LogP contribution in [0.5, 0.6) is 0 Å². The fraction of sp³-hybridized carbons (Fsp3) is 0.818. The van der Waals surface area contributed by atoms with Crippen LogP contribution in [0.1, 0.15) is 18.7 Å². The minimum atomic E-state index is -0.0748. The number of rotatable bonds is 4. The van der Waals surface area contributed by atoms with Gasteiger partial charge in [0.05, 0.1) is 12.2 Å². The fourth-order valence-electron chi connectivity index (χ4n) is 3.33. The lowest BCUT2D eigenvalue weighted by Crippen LogP contribution is -2.21. The maximum absolute atomic E-state index is 8.89. The zero-order valence-electron chi connectivity index (χ0n) is 9.37. The first-order valence-electron chi connectivity index (χ1n) is 6.15. The van der Waals surface area contributed by atoms with Crippen molar-refractivity contribution in [2.75, 3.05) is 5.75 Å². The van der Waals surface area contributed by atoms with Crippen molar-refractivity contribution in [2.45, 2.75) is 36.8 Å². The first-order chi connectivity index (χ1) is 8.35. The number of nitrogens with zero attached hydrogens (tertiary/aromatic N) is 2. The van der Waals surface area contributed by atoms with Gasteiger partial charge in [-0.25, -0.2) is 4.98 Å². The van der Waals surface area contributed by atoms with Crippen LogP contribution in [-0.4, -0.2) is 38.2 Å². The first kappa shape index (κ1) is 10.3. The van der Waals surface area contributed by atoms with Crippen LogP contribution in [0.3, 0.4) is 0 Å². The zero-order valence-corrected chi connectivity index (χ0v) is 10.2. The van der Waals surface area contributed by atoms with Gasteiger partial charge in [0, 0.05) is 5.75 Å². The number of aromatic amines is 1. The van der Waals surface area contributed by atoms with Crippen molar-refractivity contribution in [3.63, 3.8) is 0 Å². The number of aliphatic hydroxyl groups excluding tert-OH is 1. The highest BCUT2D eigenvalue weighted by atomic mass is 32.2. The minimum absolute atomic E-state index is 0.0748. The first-order valence-corrected chi connectivity index (χ1v) is 7.14. The number of aliphatic hydroxyl groups is 1. The van der Waals surface area contributed by atoms with Gasteiger partial charge in [-0.05, 0) is 30.6 Å². The maximum Gasteiger partial charge on any atom is 0.208 e. The molecule has 2 saturated heterocycles. The van der Waals surface area contributed by atoms with Gasteiger partial charge in [0.25, 0.3) is 0 Å². The van der Waals surface area contributed by atoms with Crippen LogP contribution in [0, 0.1) is 17.8 Å². The van der Waals surface area contributed by atoms with Gasteiger partial charge in [0.15, 0.2) is 5.82 Å². The summed E-state index contributed by atoms with van der Waals surface area (Å²) in [6, 6.07) is 0. The van der Waals surface area contributed by atoms with E-state index in [-0.39, 0.29) is 6.61 Å². The van der Waals surface area contributed by atoms with Crippen LogP contribution in [0.15, 0.2) is 5.16 Å². The van der Waals surface area contributed by atoms with Gasteiger partial charge in [-0.1, -0.05) is 11.8 Å². The third-order valence-corrected chi connectivity index (χ3v) is 5.25. The smallest absolute Gasteiger partial charge is 0.208 e. The second-order valence-electron chi connectivity index (χ2n) is 5.23. The molecule has 2 N–H and O–H groups in total. The zero-order chi connectivity index (χ0) is 11.4. The van der Waals surface area contributed by atoms with Crippen LogP contribution >= 0.6 is 11.8 Å². The standard InChI is InChI=1S/C11H15N3O2S/c15-3-9-12-11(14-13-9)17-4-5-1-8-6-2-7(6)10(5)16-8/h5-8,10,15H,1-4H2,(H,12,13,14)/t5-,6+,7-,8-,10+/m0/s1. The molecule has 1 aromatic heterocycles. The molecular weight excluding hydrogens is 238 g/mol. The summed E-state index contributed by atoms with van der Waals surface area (Å²) in [6.45, 7) is -0.0748. The molecule has 2 bridgehead atoms. The quantitative estimate of drug-likeness (QED) is 0.777. The predicted octanol–water partition coefficient (Wildman–Crippen LogP) is 0.812. The predicted molar refractivity (Wildman–Crippen MR) is 61.4 cm³/mol. The lowest BCUT2D eigenvalue weighted by Gasteiger charge is -2.16. The van der Waals surface area contributed by atoms with Gasteiger partial charge in [-0.3, -0.25) is 5.10 Å². The van der Waals surface area contributed by atoms with E-state index in [0.29, 0.717) is 24.0 Å². The molecule has 3 aliphatic rings. The summed E-state index contributed by atoms with van der Waals surface area (Å²) in [5.41, 5.74) is 0. The summed E-state index contributed by atoms with van der Waals surface area (Å²) >= 11 is 1.67. The monoisotopic (exact) mass is 253 g/mol. The molecule has 5 atom stereocenters. The largest absolute Gasteiger partial charge is 0.388 e. The van der Waals surface area contributed by atoms with Crippen molar-refractivity contribution in [1.29, 1.82) is 0 Å². The van der Waals surface area contributed by atoms with E-state index in [1.165, 1.54) is 12.8 Å². The number of aromatic nitrogens is 3. The van der Waals surface area contributed by atoms with E-state index in [0.717, 1.165) is 22.7 Å². The number of H-pyrrole nitrogens is 1. The van der Waals surface area contributed by atoms with Gasteiger partial charge >= 0.3 is 0 Å². The van der Waals surface area contributed by atoms with Crippen LogP contribution in [0.25, 0.3) is 0 Å². The Morgan fingerprint density at radius 1 is 1.41 bits per heavy atom. The SMILES string of the molecule is OCc1nc(SC[C@@H]2C[C@@H]3O[C@H]2[C@H]2C[C@H]23)n[nH]1.